The summed E-state index contributed by atoms with van der Waals surface area (Å²) in [6, 6.07) is 3.38. The van der Waals surface area contributed by atoms with E-state index in [9.17, 15) is 13.2 Å². The first-order chi connectivity index (χ1) is 6.88. The minimum atomic E-state index is -4.46. The number of halogens is 3. The van der Waals surface area contributed by atoms with Crippen molar-refractivity contribution in [3.8, 4) is 0 Å². The summed E-state index contributed by atoms with van der Waals surface area (Å²) in [5.41, 5.74) is -0.970. The van der Waals surface area contributed by atoms with Crippen molar-refractivity contribution in [1.29, 1.82) is 0 Å². The van der Waals surface area contributed by atoms with Gasteiger partial charge >= 0.3 is 13.3 Å². The number of alkyl halides is 3. The van der Waals surface area contributed by atoms with Gasteiger partial charge in [0, 0.05) is 0 Å². The third-order valence-electron chi connectivity index (χ3n) is 2.15. The lowest BCUT2D eigenvalue weighted by Crippen LogP contribution is -2.34. The number of benzene rings is 1. The van der Waals surface area contributed by atoms with E-state index in [0.29, 0.717) is 0 Å². The highest BCUT2D eigenvalue weighted by Gasteiger charge is 2.34. The van der Waals surface area contributed by atoms with Crippen molar-refractivity contribution in [2.45, 2.75) is 19.5 Å². The van der Waals surface area contributed by atoms with E-state index in [0.717, 1.165) is 12.1 Å². The highest BCUT2D eigenvalue weighted by molar-refractivity contribution is 6.59. The Morgan fingerprint density at radius 2 is 1.87 bits per heavy atom. The zero-order chi connectivity index (χ0) is 11.6. The molecule has 0 spiro atoms. The molecule has 0 heterocycles. The summed E-state index contributed by atoms with van der Waals surface area (Å²) in [5, 5.41) is 17.8. The Kier molecular flexibility index (Phi) is 3.41. The predicted molar refractivity (Wildman–Crippen MR) is 50.6 cm³/mol. The molecule has 1 aromatic carbocycles. The van der Waals surface area contributed by atoms with Crippen LogP contribution < -0.4 is 5.46 Å². The Balaban J connectivity index is 3.35. The van der Waals surface area contributed by atoms with Gasteiger partial charge in [0.2, 0.25) is 0 Å². The molecule has 2 nitrogen and oxygen atoms in total. The molecule has 1 aromatic rings. The topological polar surface area (TPSA) is 40.5 Å². The highest BCUT2D eigenvalue weighted by atomic mass is 19.4. The monoisotopic (exact) mass is 218 g/mol. The van der Waals surface area contributed by atoms with Crippen molar-refractivity contribution in [2.24, 2.45) is 0 Å². The van der Waals surface area contributed by atoms with Crippen LogP contribution in [0, 0.1) is 0 Å². The summed E-state index contributed by atoms with van der Waals surface area (Å²) in [4.78, 5) is 0. The third-order valence-corrected chi connectivity index (χ3v) is 2.15. The molecule has 82 valence electrons. The summed E-state index contributed by atoms with van der Waals surface area (Å²) < 4.78 is 37.5. The van der Waals surface area contributed by atoms with Gasteiger partial charge in [0.05, 0.1) is 5.56 Å². The lowest BCUT2D eigenvalue weighted by molar-refractivity contribution is -0.138. The predicted octanol–water partition coefficient (Wildman–Crippen LogP) is 0.948. The third kappa shape index (κ3) is 2.51. The van der Waals surface area contributed by atoms with Crippen molar-refractivity contribution in [2.75, 3.05) is 0 Å². The normalized spacial score (nSPS) is 11.6. The summed E-state index contributed by atoms with van der Waals surface area (Å²) in [6.45, 7) is 1.54. The average molecular weight is 218 g/mol. The molecule has 0 aliphatic carbocycles. The first-order valence-electron chi connectivity index (χ1n) is 4.43. The first-order valence-corrected chi connectivity index (χ1v) is 4.43. The Labute approximate surface area is 85.5 Å². The molecule has 1 rings (SSSR count). The van der Waals surface area contributed by atoms with Gasteiger partial charge in [-0.25, -0.2) is 0 Å². The van der Waals surface area contributed by atoms with Gasteiger partial charge in [0.1, 0.15) is 0 Å². The Bertz CT molecular complexity index is 350. The van der Waals surface area contributed by atoms with Crippen LogP contribution >= 0.6 is 0 Å². The zero-order valence-electron chi connectivity index (χ0n) is 8.04. The maximum atomic E-state index is 12.5. The molecule has 0 fully saturated rings. The second-order valence-corrected chi connectivity index (χ2v) is 3.10. The fourth-order valence-corrected chi connectivity index (χ4v) is 1.51. The van der Waals surface area contributed by atoms with E-state index < -0.39 is 18.9 Å². The van der Waals surface area contributed by atoms with Crippen LogP contribution in [0.2, 0.25) is 0 Å². The number of hydrogen-bond acceptors (Lipinski definition) is 2. The molecule has 0 bridgehead atoms. The van der Waals surface area contributed by atoms with Crippen LogP contribution in [0.5, 0.6) is 0 Å². The van der Waals surface area contributed by atoms with Crippen LogP contribution in [0.4, 0.5) is 13.2 Å². The maximum Gasteiger partial charge on any atom is 0.488 e. The van der Waals surface area contributed by atoms with Crippen LogP contribution in [0.3, 0.4) is 0 Å². The molecule has 0 aliphatic rings. The summed E-state index contributed by atoms with van der Waals surface area (Å²) >= 11 is 0. The van der Waals surface area contributed by atoms with Crippen molar-refractivity contribution in [1.82, 2.24) is 0 Å². The van der Waals surface area contributed by atoms with Gasteiger partial charge in [0.15, 0.2) is 0 Å². The van der Waals surface area contributed by atoms with E-state index in [1.807, 2.05) is 0 Å². The lowest BCUT2D eigenvalue weighted by atomic mass is 9.75. The molecule has 0 aliphatic heterocycles. The first kappa shape index (κ1) is 12.1. The van der Waals surface area contributed by atoms with Crippen molar-refractivity contribution >= 4 is 12.6 Å². The standard InChI is InChI=1S/C9H10BF3O2/c1-2-6-7(9(11,12)13)4-3-5-8(6)10(14)15/h3-5,14-15H,2H2,1H3. The molecule has 0 saturated carbocycles. The van der Waals surface area contributed by atoms with Crippen LogP contribution in [0.15, 0.2) is 18.2 Å². The maximum absolute atomic E-state index is 12.5. The van der Waals surface area contributed by atoms with Gasteiger partial charge in [0.25, 0.3) is 0 Å². The van der Waals surface area contributed by atoms with Crippen LogP contribution in [0.1, 0.15) is 18.1 Å². The molecule has 2 N–H and O–H groups in total. The van der Waals surface area contributed by atoms with Gasteiger partial charge in [-0.05, 0) is 23.5 Å². The SMILES string of the molecule is CCc1c(B(O)O)cccc1C(F)(F)F. The zero-order valence-corrected chi connectivity index (χ0v) is 8.04. The molecule has 0 amide bonds. The second kappa shape index (κ2) is 4.24. The summed E-state index contributed by atoms with van der Waals surface area (Å²) in [5.74, 6) is 0. The number of rotatable bonds is 2. The Morgan fingerprint density at radius 1 is 1.27 bits per heavy atom. The minimum absolute atomic E-state index is 0.0694. The Morgan fingerprint density at radius 3 is 2.27 bits per heavy atom. The van der Waals surface area contributed by atoms with E-state index >= 15 is 0 Å². The summed E-state index contributed by atoms with van der Waals surface area (Å²) in [7, 11) is -1.87. The molecule has 0 atom stereocenters. The second-order valence-electron chi connectivity index (χ2n) is 3.10. The van der Waals surface area contributed by atoms with Gasteiger partial charge in [-0.2, -0.15) is 13.2 Å². The van der Waals surface area contributed by atoms with Gasteiger partial charge in [-0.15, -0.1) is 0 Å². The minimum Gasteiger partial charge on any atom is -0.423 e. The van der Waals surface area contributed by atoms with Crippen LogP contribution in [-0.2, 0) is 12.6 Å². The fourth-order valence-electron chi connectivity index (χ4n) is 1.51. The van der Waals surface area contributed by atoms with Gasteiger partial charge in [-0.3, -0.25) is 0 Å². The molecular formula is C9H10BF3O2. The largest absolute Gasteiger partial charge is 0.488 e. The van der Waals surface area contributed by atoms with Crippen LogP contribution in [0.25, 0.3) is 0 Å². The van der Waals surface area contributed by atoms with Gasteiger partial charge < -0.3 is 10.0 Å². The number of hydrogen-bond donors (Lipinski definition) is 2. The van der Waals surface area contributed by atoms with E-state index in [4.69, 9.17) is 10.0 Å². The van der Waals surface area contributed by atoms with Crippen molar-refractivity contribution in [3.05, 3.63) is 29.3 Å². The average Bonchev–Trinajstić information content (AvgIpc) is 2.15. The van der Waals surface area contributed by atoms with E-state index in [1.165, 1.54) is 13.0 Å². The highest BCUT2D eigenvalue weighted by Crippen LogP contribution is 2.31. The molecule has 6 heteroatoms. The van der Waals surface area contributed by atoms with E-state index in [2.05, 4.69) is 0 Å². The van der Waals surface area contributed by atoms with Gasteiger partial charge in [-0.1, -0.05) is 19.1 Å². The molecule has 15 heavy (non-hydrogen) atoms. The van der Waals surface area contributed by atoms with Crippen LogP contribution in [-0.4, -0.2) is 17.2 Å². The molecule has 0 aromatic heterocycles. The molecular weight excluding hydrogens is 208 g/mol. The van der Waals surface area contributed by atoms with Crippen molar-refractivity contribution in [3.63, 3.8) is 0 Å². The Hall–Kier alpha value is -1.01. The smallest absolute Gasteiger partial charge is 0.423 e. The van der Waals surface area contributed by atoms with E-state index in [-0.39, 0.29) is 17.4 Å². The molecule has 0 saturated heterocycles. The molecule has 0 unspecified atom stereocenters. The van der Waals surface area contributed by atoms with Crippen molar-refractivity contribution < 1.29 is 23.2 Å². The lowest BCUT2D eigenvalue weighted by Gasteiger charge is -2.15. The van der Waals surface area contributed by atoms with E-state index in [1.54, 1.807) is 0 Å². The fraction of sp³-hybridized carbons (Fsp3) is 0.333. The molecule has 0 radical (unpaired) electrons. The quantitative estimate of drug-likeness (QED) is 0.725. The summed E-state index contributed by atoms with van der Waals surface area (Å²) in [6.07, 6.45) is -4.36.